The second-order valence-electron chi connectivity index (χ2n) is 6.49. The topological polar surface area (TPSA) is 52.7 Å². The highest BCUT2D eigenvalue weighted by atomic mass is 32.1. The molecular weight excluding hydrogens is 346 g/mol. The molecule has 3 rings (SSSR count). The van der Waals surface area contributed by atoms with E-state index in [0.29, 0.717) is 19.5 Å². The fourth-order valence-corrected chi connectivity index (χ4v) is 3.93. The molecule has 2 amide bonds. The van der Waals surface area contributed by atoms with E-state index in [0.717, 1.165) is 23.7 Å². The molecule has 138 valence electrons. The maximum absolute atomic E-state index is 12.0. The molecule has 5 nitrogen and oxygen atoms in total. The number of nitrogens with one attached hydrogen (secondary N) is 1. The van der Waals surface area contributed by atoms with Crippen molar-refractivity contribution in [3.8, 4) is 0 Å². The van der Waals surface area contributed by atoms with Crippen LogP contribution in [0.4, 0.5) is 11.4 Å². The van der Waals surface area contributed by atoms with Gasteiger partial charge in [-0.05, 0) is 48.6 Å². The minimum absolute atomic E-state index is 0.0136. The standard InChI is InChI=1S/C20H25N3O2S/c1-16(24)23(13-10-21-20(25)15-19-5-4-14-26-19)18-8-6-17(7-9-18)22-11-2-3-12-22/h4-9,14H,2-3,10-13,15H2,1H3,(H,21,25). The molecule has 1 aromatic heterocycles. The van der Waals surface area contributed by atoms with Gasteiger partial charge in [-0.1, -0.05) is 6.07 Å². The van der Waals surface area contributed by atoms with Crippen molar-refractivity contribution >= 4 is 34.5 Å². The van der Waals surface area contributed by atoms with E-state index < -0.39 is 0 Å². The Morgan fingerprint density at radius 3 is 2.50 bits per heavy atom. The molecule has 0 saturated carbocycles. The quantitative estimate of drug-likeness (QED) is 0.814. The lowest BCUT2D eigenvalue weighted by molar-refractivity contribution is -0.120. The Morgan fingerprint density at radius 1 is 1.15 bits per heavy atom. The number of benzene rings is 1. The number of hydrogen-bond acceptors (Lipinski definition) is 4. The number of nitrogens with zero attached hydrogens (tertiary/aromatic N) is 2. The van der Waals surface area contributed by atoms with Gasteiger partial charge in [-0.2, -0.15) is 0 Å². The van der Waals surface area contributed by atoms with Gasteiger partial charge in [-0.3, -0.25) is 9.59 Å². The zero-order valence-corrected chi connectivity index (χ0v) is 15.9. The van der Waals surface area contributed by atoms with Gasteiger partial charge in [0.25, 0.3) is 0 Å². The third-order valence-corrected chi connectivity index (χ3v) is 5.46. The van der Waals surface area contributed by atoms with Crippen LogP contribution in [-0.4, -0.2) is 38.0 Å². The Kier molecular flexibility index (Phi) is 6.28. The average molecular weight is 372 g/mol. The SMILES string of the molecule is CC(=O)N(CCNC(=O)Cc1cccs1)c1ccc(N2CCCC2)cc1. The van der Waals surface area contributed by atoms with Crippen molar-refractivity contribution in [1.29, 1.82) is 0 Å². The van der Waals surface area contributed by atoms with Crippen LogP contribution in [0.15, 0.2) is 41.8 Å². The Hall–Kier alpha value is -2.34. The number of amides is 2. The largest absolute Gasteiger partial charge is 0.372 e. The molecule has 1 aliphatic rings. The Morgan fingerprint density at radius 2 is 1.88 bits per heavy atom. The normalized spacial score (nSPS) is 13.7. The first-order valence-corrected chi connectivity index (χ1v) is 9.93. The molecule has 1 N–H and O–H groups in total. The van der Waals surface area contributed by atoms with Crippen molar-refractivity contribution in [2.75, 3.05) is 36.0 Å². The lowest BCUT2D eigenvalue weighted by Gasteiger charge is -2.23. The minimum Gasteiger partial charge on any atom is -0.372 e. The monoisotopic (exact) mass is 371 g/mol. The summed E-state index contributed by atoms with van der Waals surface area (Å²) in [5, 5.41) is 4.86. The molecule has 1 aliphatic heterocycles. The molecule has 0 bridgehead atoms. The van der Waals surface area contributed by atoms with Crippen LogP contribution >= 0.6 is 11.3 Å². The second kappa shape index (κ2) is 8.85. The summed E-state index contributed by atoms with van der Waals surface area (Å²) >= 11 is 1.58. The lowest BCUT2D eigenvalue weighted by Crippen LogP contribution is -2.38. The second-order valence-corrected chi connectivity index (χ2v) is 7.52. The zero-order chi connectivity index (χ0) is 18.4. The lowest BCUT2D eigenvalue weighted by atomic mass is 10.2. The highest BCUT2D eigenvalue weighted by Gasteiger charge is 2.15. The number of hydrogen-bond donors (Lipinski definition) is 1. The molecule has 6 heteroatoms. The summed E-state index contributed by atoms with van der Waals surface area (Å²) in [4.78, 5) is 29.1. The third-order valence-electron chi connectivity index (χ3n) is 4.59. The first kappa shape index (κ1) is 18.5. The molecule has 0 spiro atoms. The fraction of sp³-hybridized carbons (Fsp3) is 0.400. The van der Waals surface area contributed by atoms with E-state index in [-0.39, 0.29) is 11.8 Å². The number of anilines is 2. The summed E-state index contributed by atoms with van der Waals surface area (Å²) in [7, 11) is 0. The molecular formula is C20H25N3O2S. The van der Waals surface area contributed by atoms with E-state index in [4.69, 9.17) is 0 Å². The highest BCUT2D eigenvalue weighted by molar-refractivity contribution is 7.10. The molecule has 1 fully saturated rings. The van der Waals surface area contributed by atoms with Crippen LogP contribution in [0.25, 0.3) is 0 Å². The van der Waals surface area contributed by atoms with Crippen LogP contribution in [0.5, 0.6) is 0 Å². The number of carbonyl (C=O) groups is 2. The molecule has 1 saturated heterocycles. The molecule has 1 aromatic carbocycles. The predicted octanol–water partition coefficient (Wildman–Crippen LogP) is 3.06. The van der Waals surface area contributed by atoms with Gasteiger partial charge < -0.3 is 15.1 Å². The van der Waals surface area contributed by atoms with Crippen LogP contribution in [0.1, 0.15) is 24.6 Å². The Bertz CT molecular complexity index is 722. The van der Waals surface area contributed by atoms with E-state index in [9.17, 15) is 9.59 Å². The van der Waals surface area contributed by atoms with Gasteiger partial charge in [0.1, 0.15) is 0 Å². The van der Waals surface area contributed by atoms with Gasteiger partial charge in [0, 0.05) is 49.4 Å². The summed E-state index contributed by atoms with van der Waals surface area (Å²) in [5.74, 6) is -0.0354. The van der Waals surface area contributed by atoms with E-state index in [1.807, 2.05) is 29.6 Å². The molecule has 0 unspecified atom stereocenters. The summed E-state index contributed by atoms with van der Waals surface area (Å²) in [6, 6.07) is 12.0. The van der Waals surface area contributed by atoms with Gasteiger partial charge in [0.05, 0.1) is 6.42 Å². The van der Waals surface area contributed by atoms with Crippen molar-refractivity contribution in [2.45, 2.75) is 26.2 Å². The summed E-state index contributed by atoms with van der Waals surface area (Å²) in [6.45, 7) is 4.67. The summed E-state index contributed by atoms with van der Waals surface area (Å²) < 4.78 is 0. The van der Waals surface area contributed by atoms with E-state index in [2.05, 4.69) is 22.3 Å². The first-order valence-electron chi connectivity index (χ1n) is 9.05. The summed E-state index contributed by atoms with van der Waals surface area (Å²) in [6.07, 6.45) is 2.88. The molecule has 2 aromatic rings. The van der Waals surface area contributed by atoms with Crippen molar-refractivity contribution < 1.29 is 9.59 Å². The number of rotatable bonds is 7. The fourth-order valence-electron chi connectivity index (χ4n) is 3.23. The third kappa shape index (κ3) is 4.85. The minimum atomic E-state index is -0.0218. The van der Waals surface area contributed by atoms with Crippen molar-refractivity contribution in [1.82, 2.24) is 5.32 Å². The smallest absolute Gasteiger partial charge is 0.225 e. The maximum Gasteiger partial charge on any atom is 0.225 e. The van der Waals surface area contributed by atoms with Crippen LogP contribution in [0.3, 0.4) is 0 Å². The van der Waals surface area contributed by atoms with Crippen molar-refractivity contribution in [2.24, 2.45) is 0 Å². The predicted molar refractivity (Wildman–Crippen MR) is 107 cm³/mol. The maximum atomic E-state index is 12.0. The van der Waals surface area contributed by atoms with E-state index >= 15 is 0 Å². The molecule has 2 heterocycles. The first-order chi connectivity index (χ1) is 12.6. The number of carbonyl (C=O) groups excluding carboxylic acids is 2. The van der Waals surface area contributed by atoms with Gasteiger partial charge in [-0.25, -0.2) is 0 Å². The number of thiophene rings is 1. The van der Waals surface area contributed by atoms with Crippen LogP contribution in [0, 0.1) is 0 Å². The van der Waals surface area contributed by atoms with E-state index in [1.165, 1.54) is 18.5 Å². The van der Waals surface area contributed by atoms with Gasteiger partial charge in [0.2, 0.25) is 11.8 Å². The van der Waals surface area contributed by atoms with Gasteiger partial charge in [-0.15, -0.1) is 11.3 Å². The van der Waals surface area contributed by atoms with Gasteiger partial charge in [0.15, 0.2) is 0 Å². The van der Waals surface area contributed by atoms with Gasteiger partial charge >= 0.3 is 0 Å². The highest BCUT2D eigenvalue weighted by Crippen LogP contribution is 2.24. The molecule has 0 aliphatic carbocycles. The van der Waals surface area contributed by atoms with Crippen LogP contribution in [-0.2, 0) is 16.0 Å². The molecule has 0 radical (unpaired) electrons. The Balaban J connectivity index is 1.53. The van der Waals surface area contributed by atoms with Crippen LogP contribution in [0.2, 0.25) is 0 Å². The zero-order valence-electron chi connectivity index (χ0n) is 15.1. The molecule has 26 heavy (non-hydrogen) atoms. The summed E-state index contributed by atoms with van der Waals surface area (Å²) in [5.41, 5.74) is 2.08. The Labute approximate surface area is 158 Å². The van der Waals surface area contributed by atoms with Crippen molar-refractivity contribution in [3.05, 3.63) is 46.7 Å². The van der Waals surface area contributed by atoms with Crippen molar-refractivity contribution in [3.63, 3.8) is 0 Å². The average Bonchev–Trinajstić information content (AvgIpc) is 3.32. The molecule has 0 atom stereocenters. The van der Waals surface area contributed by atoms with Crippen LogP contribution < -0.4 is 15.1 Å². The van der Waals surface area contributed by atoms with E-state index in [1.54, 1.807) is 23.2 Å².